The van der Waals surface area contributed by atoms with Gasteiger partial charge in [0, 0.05) is 0 Å². The number of hydrogen-bond acceptors (Lipinski definition) is 1. The van der Waals surface area contributed by atoms with Gasteiger partial charge in [0.2, 0.25) is 0 Å². The Hall–Kier alpha value is -0.0400. The molecule has 0 aromatic heterocycles. The Labute approximate surface area is 87.4 Å². The van der Waals surface area contributed by atoms with Crippen LogP contribution in [0.1, 0.15) is 51.9 Å². The third-order valence-electron chi connectivity index (χ3n) is 5.15. The normalized spacial score (nSPS) is 55.3. The Kier molecular flexibility index (Phi) is 1.81. The lowest BCUT2D eigenvalue weighted by Gasteiger charge is -2.61. The molecule has 4 bridgehead atoms. The second-order valence-corrected chi connectivity index (χ2v) is 6.81. The van der Waals surface area contributed by atoms with Gasteiger partial charge in [0.25, 0.3) is 0 Å². The maximum absolute atomic E-state index is 5.79. The Morgan fingerprint density at radius 1 is 1.14 bits per heavy atom. The number of nitrogens with two attached hydrogens (primary N) is 1. The van der Waals surface area contributed by atoms with Crippen LogP contribution < -0.4 is 5.73 Å². The third-order valence-corrected chi connectivity index (χ3v) is 5.15. The number of rotatable bonds is 2. The molecule has 0 radical (unpaired) electrons. The largest absolute Gasteiger partial charge is 0.330 e. The van der Waals surface area contributed by atoms with Gasteiger partial charge in [-0.3, -0.25) is 0 Å². The highest BCUT2D eigenvalue weighted by atomic mass is 14.6. The molecule has 4 atom stereocenters. The molecule has 14 heavy (non-hydrogen) atoms. The van der Waals surface area contributed by atoms with Gasteiger partial charge in [0.15, 0.2) is 0 Å². The summed E-state index contributed by atoms with van der Waals surface area (Å²) in [5.41, 5.74) is 7.19. The molecule has 4 rings (SSSR count). The molecule has 2 N–H and O–H groups in total. The van der Waals surface area contributed by atoms with Crippen molar-refractivity contribution in [3.05, 3.63) is 0 Å². The van der Waals surface area contributed by atoms with E-state index in [1.807, 2.05) is 0 Å². The molecule has 0 saturated heterocycles. The lowest BCUT2D eigenvalue weighted by molar-refractivity contribution is -0.104. The van der Waals surface area contributed by atoms with E-state index in [4.69, 9.17) is 5.73 Å². The zero-order valence-corrected chi connectivity index (χ0v) is 9.39. The first-order chi connectivity index (χ1) is 6.63. The minimum Gasteiger partial charge on any atom is -0.330 e. The van der Waals surface area contributed by atoms with Crippen molar-refractivity contribution < 1.29 is 0 Å². The second kappa shape index (κ2) is 2.75. The zero-order valence-electron chi connectivity index (χ0n) is 9.39. The van der Waals surface area contributed by atoms with Gasteiger partial charge >= 0.3 is 0 Å². The summed E-state index contributed by atoms with van der Waals surface area (Å²) in [5.74, 6) is 2.13. The van der Waals surface area contributed by atoms with Gasteiger partial charge in [0.1, 0.15) is 0 Å². The van der Waals surface area contributed by atoms with E-state index in [2.05, 4.69) is 6.92 Å². The summed E-state index contributed by atoms with van der Waals surface area (Å²) in [4.78, 5) is 0. The molecule has 4 aliphatic carbocycles. The van der Waals surface area contributed by atoms with Crippen LogP contribution in [-0.4, -0.2) is 6.54 Å². The van der Waals surface area contributed by atoms with Crippen LogP contribution in [0.3, 0.4) is 0 Å². The molecule has 0 amide bonds. The summed E-state index contributed by atoms with van der Waals surface area (Å²) < 4.78 is 0. The van der Waals surface area contributed by atoms with Gasteiger partial charge in [-0.15, -0.1) is 0 Å². The van der Waals surface area contributed by atoms with E-state index >= 15 is 0 Å². The third kappa shape index (κ3) is 1.25. The molecule has 0 aromatic carbocycles. The van der Waals surface area contributed by atoms with Crippen LogP contribution in [0.2, 0.25) is 0 Å². The molecule has 4 saturated carbocycles. The van der Waals surface area contributed by atoms with Crippen LogP contribution in [0.25, 0.3) is 0 Å². The van der Waals surface area contributed by atoms with Crippen LogP contribution in [0.5, 0.6) is 0 Å². The van der Waals surface area contributed by atoms with Gasteiger partial charge in [-0.05, 0) is 74.2 Å². The van der Waals surface area contributed by atoms with E-state index in [1.54, 1.807) is 6.42 Å². The molecule has 0 heterocycles. The van der Waals surface area contributed by atoms with Crippen LogP contribution in [0, 0.1) is 22.7 Å². The molecule has 4 aliphatic rings. The Morgan fingerprint density at radius 2 is 1.79 bits per heavy atom. The molecule has 1 nitrogen and oxygen atoms in total. The molecule has 0 aliphatic heterocycles. The lowest BCUT2D eigenvalue weighted by Crippen LogP contribution is -2.51. The fourth-order valence-corrected chi connectivity index (χ4v) is 5.53. The molecule has 0 spiro atoms. The first-order valence-electron chi connectivity index (χ1n) is 6.33. The second-order valence-electron chi connectivity index (χ2n) is 6.81. The van der Waals surface area contributed by atoms with Crippen molar-refractivity contribution in [1.82, 2.24) is 0 Å². The molecular formula is C13H23N. The molecule has 4 fully saturated rings. The fraction of sp³-hybridized carbons (Fsp3) is 1.00. The SMILES string of the molecule is CC12C[C@H]3C[C@@H](C1)CC(CCN)(C3)C2. The van der Waals surface area contributed by atoms with Gasteiger partial charge in [0.05, 0.1) is 0 Å². The van der Waals surface area contributed by atoms with Crippen molar-refractivity contribution in [3.8, 4) is 0 Å². The average molecular weight is 193 g/mol. The standard InChI is InChI=1S/C13H23N/c1-12-5-10-4-11(6-12)8-13(7-10,9-12)2-3-14/h10-11H,2-9,14H2,1H3/t10-,11+,12?,13?. The van der Waals surface area contributed by atoms with Crippen LogP contribution in [0.4, 0.5) is 0 Å². The summed E-state index contributed by atoms with van der Waals surface area (Å²) in [6.07, 6.45) is 10.4. The highest BCUT2D eigenvalue weighted by molar-refractivity contribution is 5.05. The van der Waals surface area contributed by atoms with Gasteiger partial charge < -0.3 is 5.73 Å². The zero-order chi connectivity index (χ0) is 9.81. The van der Waals surface area contributed by atoms with Crippen molar-refractivity contribution in [3.63, 3.8) is 0 Å². The highest BCUT2D eigenvalue weighted by Gasteiger charge is 2.54. The summed E-state index contributed by atoms with van der Waals surface area (Å²) in [6.45, 7) is 3.45. The predicted octanol–water partition coefficient (Wildman–Crippen LogP) is 2.94. The topological polar surface area (TPSA) is 26.0 Å². The van der Waals surface area contributed by atoms with Crippen molar-refractivity contribution in [2.45, 2.75) is 51.9 Å². The smallest absolute Gasteiger partial charge is 0.00720 e. The highest BCUT2D eigenvalue weighted by Crippen LogP contribution is 2.65. The van der Waals surface area contributed by atoms with Crippen LogP contribution in [-0.2, 0) is 0 Å². The Balaban J connectivity index is 1.89. The Bertz CT molecular complexity index is 232. The molecular weight excluding hydrogens is 170 g/mol. The summed E-state index contributed by atoms with van der Waals surface area (Å²) in [7, 11) is 0. The van der Waals surface area contributed by atoms with Crippen molar-refractivity contribution in [2.75, 3.05) is 6.54 Å². The quantitative estimate of drug-likeness (QED) is 0.717. The van der Waals surface area contributed by atoms with Gasteiger partial charge in [-0.25, -0.2) is 0 Å². The average Bonchev–Trinajstić information content (AvgIpc) is 1.97. The molecule has 1 heteroatoms. The van der Waals surface area contributed by atoms with Gasteiger partial charge in [-0.2, -0.15) is 0 Å². The van der Waals surface area contributed by atoms with Gasteiger partial charge in [-0.1, -0.05) is 6.92 Å². The molecule has 2 unspecified atom stereocenters. The van der Waals surface area contributed by atoms with Crippen LogP contribution >= 0.6 is 0 Å². The van der Waals surface area contributed by atoms with Crippen molar-refractivity contribution >= 4 is 0 Å². The fourth-order valence-electron chi connectivity index (χ4n) is 5.53. The van der Waals surface area contributed by atoms with E-state index < -0.39 is 0 Å². The van der Waals surface area contributed by atoms with E-state index in [9.17, 15) is 0 Å². The maximum Gasteiger partial charge on any atom is -0.00720 e. The van der Waals surface area contributed by atoms with E-state index in [0.717, 1.165) is 18.4 Å². The Morgan fingerprint density at radius 3 is 2.29 bits per heavy atom. The molecule has 0 aromatic rings. The van der Waals surface area contributed by atoms with Crippen molar-refractivity contribution in [1.29, 1.82) is 0 Å². The lowest BCUT2D eigenvalue weighted by atomic mass is 9.44. The first kappa shape index (κ1) is 9.21. The monoisotopic (exact) mass is 193 g/mol. The summed E-state index contributed by atoms with van der Waals surface area (Å²) in [5, 5.41) is 0. The van der Waals surface area contributed by atoms with Crippen LogP contribution in [0.15, 0.2) is 0 Å². The first-order valence-corrected chi connectivity index (χ1v) is 6.33. The summed E-state index contributed by atoms with van der Waals surface area (Å²) in [6, 6.07) is 0. The predicted molar refractivity (Wildman–Crippen MR) is 58.9 cm³/mol. The number of hydrogen-bond donors (Lipinski definition) is 1. The molecule has 80 valence electrons. The summed E-state index contributed by atoms with van der Waals surface area (Å²) >= 11 is 0. The van der Waals surface area contributed by atoms with Crippen molar-refractivity contribution in [2.24, 2.45) is 28.4 Å². The van der Waals surface area contributed by atoms with E-state index in [0.29, 0.717) is 10.8 Å². The minimum atomic E-state index is 0.688. The van der Waals surface area contributed by atoms with E-state index in [1.165, 1.54) is 38.5 Å². The minimum absolute atomic E-state index is 0.688. The maximum atomic E-state index is 5.79. The van der Waals surface area contributed by atoms with E-state index in [-0.39, 0.29) is 0 Å².